The molecule has 0 aliphatic heterocycles. The molecule has 0 radical (unpaired) electrons. The van der Waals surface area contributed by atoms with Gasteiger partial charge in [-0.3, -0.25) is 19.2 Å². The lowest BCUT2D eigenvalue weighted by molar-refractivity contribution is -0.188. The van der Waals surface area contributed by atoms with Crippen LogP contribution in [0.15, 0.2) is 25.3 Å². The Balaban J connectivity index is 1.31. The van der Waals surface area contributed by atoms with E-state index in [1.807, 2.05) is 20.8 Å². The lowest BCUT2D eigenvalue weighted by atomic mass is 9.60. The Labute approximate surface area is 734 Å². The van der Waals surface area contributed by atoms with Crippen molar-refractivity contribution in [3.8, 4) is 0 Å². The van der Waals surface area contributed by atoms with Crippen LogP contribution in [-0.2, 0) is 93.8 Å². The van der Waals surface area contributed by atoms with E-state index < -0.39 is 139 Å². The molecule has 10 unspecified atom stereocenters. The average Bonchev–Trinajstić information content (AvgIpc) is 0.801. The number of alkyl halides is 3. The number of nitrogens with one attached hydrogen (secondary N) is 4. The van der Waals surface area contributed by atoms with Gasteiger partial charge in [0.15, 0.2) is 16.6 Å². The molecule has 34 heteroatoms. The second-order valence-electron chi connectivity index (χ2n) is 42.9. The van der Waals surface area contributed by atoms with Gasteiger partial charge < -0.3 is 86.3 Å². The van der Waals surface area contributed by atoms with Crippen molar-refractivity contribution < 1.29 is 126 Å². The van der Waals surface area contributed by atoms with Gasteiger partial charge in [-0.15, -0.1) is 0 Å². The zero-order chi connectivity index (χ0) is 92.8. The van der Waals surface area contributed by atoms with E-state index in [0.29, 0.717) is 103 Å². The van der Waals surface area contributed by atoms with Crippen LogP contribution in [0.5, 0.6) is 0 Å². The van der Waals surface area contributed by atoms with Crippen molar-refractivity contribution in [2.75, 3.05) is 106 Å². The number of carbonyl (C=O) groups is 10. The zero-order valence-corrected chi connectivity index (χ0v) is 81.4. The molecule has 4 rings (SSSR count). The Morgan fingerprint density at radius 2 is 0.789 bits per heavy atom. The van der Waals surface area contributed by atoms with Crippen LogP contribution in [0.4, 0.5) is 32.3 Å². The zero-order valence-electron chi connectivity index (χ0n) is 78.4. The SMILES string of the molecule is C=CC(=O)OCCOC(=O)CC1CC(C)(C)CC(C)(CNC(=O)OCC(CC)(COCCC[Si](C)(O[Si](C)(C)C)O[Si](C)(C)C)COC(=O)NCC2(C)CC(CC(=O)OCC(C)(COCC(F)(F)F)COC(=O)CCC3(C)CC(NC(=O)OCCCCOC(=O)CCC4(C)CC(NC(=O)OCCOC(=O)C=C)CC(C)(C)C4)CC(C)(C)C3)CC(C)(C)C2)C1. The van der Waals surface area contributed by atoms with Gasteiger partial charge >= 0.3 is 74.9 Å². The molecule has 0 saturated heterocycles. The van der Waals surface area contributed by atoms with E-state index in [9.17, 15) is 61.1 Å². The molecule has 4 saturated carbocycles. The van der Waals surface area contributed by atoms with Crippen LogP contribution < -0.4 is 21.3 Å². The maximum atomic E-state index is 14.0. The number of rotatable bonds is 51. The van der Waals surface area contributed by atoms with Crippen LogP contribution in [0, 0.1) is 66.0 Å². The number of hydrogen-bond acceptors (Lipinski definition) is 24. The molecule has 708 valence electrons. The summed E-state index contributed by atoms with van der Waals surface area (Å²) in [5.41, 5.74) is -4.89. The third kappa shape index (κ3) is 45.3. The third-order valence-electron chi connectivity index (χ3n) is 23.2. The van der Waals surface area contributed by atoms with Gasteiger partial charge in [-0.2, -0.15) is 13.2 Å². The highest BCUT2D eigenvalue weighted by Gasteiger charge is 2.48. The summed E-state index contributed by atoms with van der Waals surface area (Å²) >= 11 is 0. The molecule has 0 heterocycles. The van der Waals surface area contributed by atoms with Crippen molar-refractivity contribution >= 4 is 85.4 Å². The maximum Gasteiger partial charge on any atom is 0.411 e. The molecule has 0 aromatic rings. The summed E-state index contributed by atoms with van der Waals surface area (Å²) in [5.74, 6) is -3.46. The van der Waals surface area contributed by atoms with Crippen molar-refractivity contribution in [2.45, 2.75) is 308 Å². The minimum atomic E-state index is -4.67. The van der Waals surface area contributed by atoms with E-state index in [0.717, 1.165) is 37.8 Å². The van der Waals surface area contributed by atoms with E-state index in [-0.39, 0.29) is 155 Å². The molecule has 28 nitrogen and oxygen atoms in total. The summed E-state index contributed by atoms with van der Waals surface area (Å²) in [7, 11) is -6.56. The summed E-state index contributed by atoms with van der Waals surface area (Å²) in [4.78, 5) is 130. The lowest BCUT2D eigenvalue weighted by Gasteiger charge is -2.46. The van der Waals surface area contributed by atoms with Gasteiger partial charge in [-0.05, 0) is 223 Å². The third-order valence-corrected chi connectivity index (χ3v) is 32.8. The largest absolute Gasteiger partial charge is 0.466 e. The molecule has 4 N–H and O–H groups in total. The topological polar surface area (TPSA) is 348 Å². The average molecular weight is 1810 g/mol. The van der Waals surface area contributed by atoms with Gasteiger partial charge in [0.25, 0.3) is 0 Å². The first-order valence-electron chi connectivity index (χ1n) is 44.1. The van der Waals surface area contributed by atoms with Crippen molar-refractivity contribution in [1.82, 2.24) is 21.3 Å². The monoisotopic (exact) mass is 1810 g/mol. The molecule has 4 aliphatic rings. The Morgan fingerprint density at radius 3 is 1.22 bits per heavy atom. The Bertz CT molecular complexity index is 3450. The molecule has 123 heavy (non-hydrogen) atoms. The molecule has 0 aromatic heterocycles. The summed E-state index contributed by atoms with van der Waals surface area (Å²) in [6.45, 7) is 47.7. The first-order valence-corrected chi connectivity index (χ1v) is 53.5. The highest BCUT2D eigenvalue weighted by Crippen LogP contribution is 2.53. The van der Waals surface area contributed by atoms with Crippen LogP contribution in [0.25, 0.3) is 0 Å². The number of ether oxygens (including phenoxy) is 12. The minimum Gasteiger partial charge on any atom is -0.466 e. The molecular formula is C89H155F3N4O24Si3. The van der Waals surface area contributed by atoms with Gasteiger partial charge in [0.05, 0.1) is 37.3 Å². The molecule has 4 fully saturated rings. The summed E-state index contributed by atoms with van der Waals surface area (Å²) < 4.78 is 121. The normalized spacial score (nSPS) is 24.7. The molecular weight excluding hydrogens is 1650 g/mol. The number of hydrogen-bond donors (Lipinski definition) is 4. The second-order valence-corrected chi connectivity index (χ2v) is 55.7. The van der Waals surface area contributed by atoms with E-state index in [1.165, 1.54) is 6.92 Å². The van der Waals surface area contributed by atoms with E-state index in [4.69, 9.17) is 65.1 Å². The molecule has 0 aromatic carbocycles. The highest BCUT2D eigenvalue weighted by molar-refractivity contribution is 6.87. The Hall–Kier alpha value is -6.34. The summed E-state index contributed by atoms with van der Waals surface area (Å²) in [6, 6.07) is 0.214. The van der Waals surface area contributed by atoms with Crippen LogP contribution in [-0.4, -0.2) is 209 Å². The van der Waals surface area contributed by atoms with Gasteiger partial charge in [0.2, 0.25) is 0 Å². The molecule has 4 amide bonds. The number of amides is 4. The fourth-order valence-electron chi connectivity index (χ4n) is 20.1. The van der Waals surface area contributed by atoms with Crippen molar-refractivity contribution in [3.63, 3.8) is 0 Å². The smallest absolute Gasteiger partial charge is 0.411 e. The molecule has 4 aliphatic carbocycles. The summed E-state index contributed by atoms with van der Waals surface area (Å²) in [6.07, 6.45) is 5.93. The fourth-order valence-corrected chi connectivity index (χ4v) is 32.6. The predicted molar refractivity (Wildman–Crippen MR) is 467 cm³/mol. The minimum absolute atomic E-state index is 0.0384. The highest BCUT2D eigenvalue weighted by atomic mass is 28.5. The van der Waals surface area contributed by atoms with Gasteiger partial charge in [-0.1, -0.05) is 110 Å². The number of alkyl carbamates (subject to hydrolysis) is 4. The predicted octanol–water partition coefficient (Wildman–Crippen LogP) is 17.6. The number of carbonyl (C=O) groups excluding carboxylic acids is 10. The van der Waals surface area contributed by atoms with Crippen molar-refractivity contribution in [3.05, 3.63) is 25.3 Å². The standard InChI is InChI=1S/C89H155F3N4O24Si3/c1-24-69(97)110-37-38-112-73(101)42-65-44-79(4,5)54-85(14,46-65)56-93-75(103)117-62-88(26-3,61-107-34-29-41-123(23,119-121(17,18)19)120-122(20,21)22)63-118-76(104)94-57-86(15)47-66(45-80(6,7)55-86)43-74(102)116-60-87(16,58-108-64-89(90,91)92)59-115-72(100)31-33-84(13)50-67(48-81(8,9)53-84)95-77(105)113-36-28-27-35-109-71(99)30-32-83(12)51-68(49-82(10,11)52-83)96-78(106)114-40-39-111-70(98)25-2/h24-25,65-68H,1-2,26-64H2,3-23H3,(H,93,103)(H,94,104)(H,95,105)(H,96,106). The van der Waals surface area contributed by atoms with E-state index >= 15 is 0 Å². The Morgan fingerprint density at radius 1 is 0.407 bits per heavy atom. The summed E-state index contributed by atoms with van der Waals surface area (Å²) in [5, 5.41) is 11.9. The van der Waals surface area contributed by atoms with Crippen LogP contribution >= 0.6 is 0 Å². The maximum absolute atomic E-state index is 14.0. The molecule has 10 atom stereocenters. The first-order chi connectivity index (χ1) is 56.6. The quantitative estimate of drug-likeness (QED) is 0.0144. The van der Waals surface area contributed by atoms with Crippen molar-refractivity contribution in [2.24, 2.45) is 66.0 Å². The van der Waals surface area contributed by atoms with Gasteiger partial charge in [0, 0.05) is 69.6 Å². The number of esters is 6. The number of halogens is 3. The second kappa shape index (κ2) is 47.6. The van der Waals surface area contributed by atoms with Crippen LogP contribution in [0.1, 0.15) is 238 Å². The lowest BCUT2D eigenvalue weighted by Crippen LogP contribution is -2.52. The van der Waals surface area contributed by atoms with Crippen molar-refractivity contribution in [1.29, 1.82) is 0 Å². The van der Waals surface area contributed by atoms with E-state index in [2.05, 4.69) is 149 Å². The molecule has 0 spiro atoms. The molecule has 0 bridgehead atoms. The van der Waals surface area contributed by atoms with Gasteiger partial charge in [-0.25, -0.2) is 28.8 Å². The first kappa shape index (κ1) is 109. The Kier molecular flexibility index (Phi) is 42.2. The van der Waals surface area contributed by atoms with Crippen LogP contribution in [0.3, 0.4) is 0 Å². The van der Waals surface area contributed by atoms with Crippen LogP contribution in [0.2, 0.25) is 51.9 Å². The number of unbranched alkanes of at least 4 members (excludes halogenated alkanes) is 1. The fraction of sp³-hybridized carbons (Fsp3) is 0.843. The van der Waals surface area contributed by atoms with Gasteiger partial charge in [0.1, 0.15) is 59.5 Å². The van der Waals surface area contributed by atoms with E-state index in [1.54, 1.807) is 0 Å².